The zero-order valence-electron chi connectivity index (χ0n) is 7.12. The number of halogens is 1. The molecular formula is C8H11ClN2O. The number of aromatic nitrogens is 2. The monoisotopic (exact) mass is 186 g/mol. The zero-order valence-corrected chi connectivity index (χ0v) is 7.88. The van der Waals surface area contributed by atoms with Gasteiger partial charge in [0.25, 0.3) is 0 Å². The second-order valence-corrected chi connectivity index (χ2v) is 3.23. The van der Waals surface area contributed by atoms with E-state index in [9.17, 15) is 0 Å². The van der Waals surface area contributed by atoms with Crippen LogP contribution in [0, 0.1) is 5.92 Å². The Kier molecular flexibility index (Phi) is 3.29. The van der Waals surface area contributed by atoms with E-state index in [-0.39, 0.29) is 5.28 Å². The van der Waals surface area contributed by atoms with Crippen LogP contribution in [-0.2, 0) is 0 Å². The third-order valence-corrected chi connectivity index (χ3v) is 1.38. The third-order valence-electron chi connectivity index (χ3n) is 1.18. The van der Waals surface area contributed by atoms with Gasteiger partial charge in [0, 0.05) is 0 Å². The number of rotatable bonds is 3. The van der Waals surface area contributed by atoms with Gasteiger partial charge in [-0.2, -0.15) is 0 Å². The first-order valence-electron chi connectivity index (χ1n) is 3.79. The van der Waals surface area contributed by atoms with Gasteiger partial charge in [0.2, 0.25) is 5.28 Å². The van der Waals surface area contributed by atoms with Crippen LogP contribution < -0.4 is 4.74 Å². The molecule has 0 spiro atoms. The van der Waals surface area contributed by atoms with Crippen LogP contribution in [0.4, 0.5) is 0 Å². The topological polar surface area (TPSA) is 35.0 Å². The van der Waals surface area contributed by atoms with Gasteiger partial charge in [-0.3, -0.25) is 0 Å². The summed E-state index contributed by atoms with van der Waals surface area (Å²) in [7, 11) is 0. The van der Waals surface area contributed by atoms with Crippen LogP contribution in [0.3, 0.4) is 0 Å². The quantitative estimate of drug-likeness (QED) is 0.679. The van der Waals surface area contributed by atoms with Gasteiger partial charge in [0.15, 0.2) is 5.75 Å². The average molecular weight is 187 g/mol. The molecule has 0 unspecified atom stereocenters. The van der Waals surface area contributed by atoms with Crippen molar-refractivity contribution >= 4 is 11.6 Å². The van der Waals surface area contributed by atoms with Crippen LogP contribution in [-0.4, -0.2) is 16.6 Å². The van der Waals surface area contributed by atoms with Crippen molar-refractivity contribution in [2.45, 2.75) is 13.8 Å². The van der Waals surface area contributed by atoms with Crippen molar-refractivity contribution in [2.75, 3.05) is 6.61 Å². The van der Waals surface area contributed by atoms with E-state index >= 15 is 0 Å². The minimum Gasteiger partial charge on any atom is -0.490 e. The lowest BCUT2D eigenvalue weighted by Crippen LogP contribution is -2.04. The summed E-state index contributed by atoms with van der Waals surface area (Å²) < 4.78 is 5.34. The Morgan fingerprint density at radius 2 is 2.00 bits per heavy atom. The zero-order chi connectivity index (χ0) is 8.97. The maximum atomic E-state index is 5.50. The minimum atomic E-state index is 0.242. The molecule has 66 valence electrons. The highest BCUT2D eigenvalue weighted by molar-refractivity contribution is 6.28. The standard InChI is InChI=1S/C8H11ClN2O/c1-6(2)5-12-7-3-10-8(9)11-4-7/h3-4,6H,5H2,1-2H3. The fraction of sp³-hybridized carbons (Fsp3) is 0.500. The van der Waals surface area contributed by atoms with E-state index in [4.69, 9.17) is 16.3 Å². The van der Waals surface area contributed by atoms with Crippen molar-refractivity contribution in [3.8, 4) is 5.75 Å². The highest BCUT2D eigenvalue weighted by Crippen LogP contribution is 2.09. The lowest BCUT2D eigenvalue weighted by atomic mass is 10.2. The Morgan fingerprint density at radius 3 is 2.50 bits per heavy atom. The van der Waals surface area contributed by atoms with Crippen LogP contribution in [0.2, 0.25) is 5.28 Å². The van der Waals surface area contributed by atoms with Crippen molar-refractivity contribution in [2.24, 2.45) is 5.92 Å². The smallest absolute Gasteiger partial charge is 0.222 e. The summed E-state index contributed by atoms with van der Waals surface area (Å²) in [6.45, 7) is 4.83. The molecule has 0 atom stereocenters. The van der Waals surface area contributed by atoms with E-state index in [1.165, 1.54) is 0 Å². The Morgan fingerprint density at radius 1 is 1.42 bits per heavy atom. The molecule has 0 saturated carbocycles. The molecule has 0 aliphatic rings. The van der Waals surface area contributed by atoms with Crippen molar-refractivity contribution in [1.29, 1.82) is 0 Å². The lowest BCUT2D eigenvalue weighted by Gasteiger charge is -2.06. The van der Waals surface area contributed by atoms with Crippen molar-refractivity contribution in [1.82, 2.24) is 9.97 Å². The lowest BCUT2D eigenvalue weighted by molar-refractivity contribution is 0.269. The summed E-state index contributed by atoms with van der Waals surface area (Å²) in [5.74, 6) is 1.16. The molecule has 1 heterocycles. The first-order valence-corrected chi connectivity index (χ1v) is 4.16. The van der Waals surface area contributed by atoms with Crippen molar-refractivity contribution < 1.29 is 4.74 Å². The first-order chi connectivity index (χ1) is 5.68. The molecule has 3 nitrogen and oxygen atoms in total. The first kappa shape index (κ1) is 9.26. The van der Waals surface area contributed by atoms with Crippen molar-refractivity contribution in [3.63, 3.8) is 0 Å². The average Bonchev–Trinajstić information content (AvgIpc) is 2.03. The van der Waals surface area contributed by atoms with E-state index < -0.39 is 0 Å². The molecule has 0 saturated heterocycles. The molecule has 4 heteroatoms. The molecule has 0 bridgehead atoms. The van der Waals surface area contributed by atoms with Gasteiger partial charge in [0.05, 0.1) is 19.0 Å². The second-order valence-electron chi connectivity index (χ2n) is 2.89. The van der Waals surface area contributed by atoms with E-state index in [1.807, 2.05) is 0 Å². The Labute approximate surface area is 76.7 Å². The second kappa shape index (κ2) is 4.26. The van der Waals surface area contributed by atoms with Crippen LogP contribution in [0.15, 0.2) is 12.4 Å². The SMILES string of the molecule is CC(C)COc1cnc(Cl)nc1. The summed E-state index contributed by atoms with van der Waals surface area (Å²) in [5, 5.41) is 0.242. The number of hydrogen-bond donors (Lipinski definition) is 0. The Balaban J connectivity index is 2.48. The molecule has 0 aliphatic heterocycles. The van der Waals surface area contributed by atoms with E-state index in [1.54, 1.807) is 12.4 Å². The van der Waals surface area contributed by atoms with Crippen molar-refractivity contribution in [3.05, 3.63) is 17.7 Å². The van der Waals surface area contributed by atoms with Crippen LogP contribution in [0.25, 0.3) is 0 Å². The molecule has 0 fully saturated rings. The molecule has 1 rings (SSSR count). The van der Waals surface area contributed by atoms with E-state index in [0.717, 1.165) is 0 Å². The van der Waals surface area contributed by atoms with Crippen LogP contribution >= 0.6 is 11.6 Å². The Bertz CT molecular complexity index is 235. The van der Waals surface area contributed by atoms with Gasteiger partial charge in [-0.1, -0.05) is 13.8 Å². The molecule has 0 amide bonds. The summed E-state index contributed by atoms with van der Waals surface area (Å²) in [6, 6.07) is 0. The molecule has 0 aliphatic carbocycles. The Hall–Kier alpha value is -0.830. The van der Waals surface area contributed by atoms with Gasteiger partial charge in [-0.05, 0) is 17.5 Å². The molecule has 0 N–H and O–H groups in total. The normalized spacial score (nSPS) is 10.3. The summed E-state index contributed by atoms with van der Waals surface area (Å²) >= 11 is 5.50. The largest absolute Gasteiger partial charge is 0.490 e. The predicted molar refractivity (Wildman–Crippen MR) is 47.4 cm³/mol. The van der Waals surface area contributed by atoms with E-state index in [0.29, 0.717) is 18.3 Å². The fourth-order valence-electron chi connectivity index (χ4n) is 0.638. The van der Waals surface area contributed by atoms with Crippen LogP contribution in [0.5, 0.6) is 5.75 Å². The maximum absolute atomic E-state index is 5.50. The molecule has 1 aromatic heterocycles. The number of ether oxygens (including phenoxy) is 1. The minimum absolute atomic E-state index is 0.242. The highest BCUT2D eigenvalue weighted by atomic mass is 35.5. The van der Waals surface area contributed by atoms with Gasteiger partial charge in [-0.25, -0.2) is 9.97 Å². The highest BCUT2D eigenvalue weighted by Gasteiger charge is 1.97. The fourth-order valence-corrected chi connectivity index (χ4v) is 0.735. The van der Waals surface area contributed by atoms with Gasteiger partial charge in [0.1, 0.15) is 0 Å². The molecule has 12 heavy (non-hydrogen) atoms. The van der Waals surface area contributed by atoms with Gasteiger partial charge in [-0.15, -0.1) is 0 Å². The molecule has 1 aromatic rings. The van der Waals surface area contributed by atoms with E-state index in [2.05, 4.69) is 23.8 Å². The molecule has 0 radical (unpaired) electrons. The molecule has 0 aromatic carbocycles. The third kappa shape index (κ3) is 3.05. The summed E-state index contributed by atoms with van der Waals surface area (Å²) in [5.41, 5.74) is 0. The van der Waals surface area contributed by atoms with Gasteiger partial charge < -0.3 is 4.74 Å². The van der Waals surface area contributed by atoms with Crippen LogP contribution in [0.1, 0.15) is 13.8 Å². The number of hydrogen-bond acceptors (Lipinski definition) is 3. The molecular weight excluding hydrogens is 176 g/mol. The van der Waals surface area contributed by atoms with Gasteiger partial charge >= 0.3 is 0 Å². The predicted octanol–water partition coefficient (Wildman–Crippen LogP) is 2.16. The summed E-state index contributed by atoms with van der Waals surface area (Å²) in [4.78, 5) is 7.57. The number of nitrogens with zero attached hydrogens (tertiary/aromatic N) is 2. The maximum Gasteiger partial charge on any atom is 0.222 e. The summed E-state index contributed by atoms with van der Waals surface area (Å²) in [6.07, 6.45) is 3.13.